The molecule has 6 heteroatoms. The van der Waals surface area contributed by atoms with E-state index in [1.165, 1.54) is 18.5 Å². The number of hydrogen-bond donors (Lipinski definition) is 1. The Balaban J connectivity index is 2.02. The summed E-state index contributed by atoms with van der Waals surface area (Å²) in [6, 6.07) is 10.5. The lowest BCUT2D eigenvalue weighted by atomic mass is 9.72. The van der Waals surface area contributed by atoms with E-state index >= 15 is 0 Å². The Bertz CT molecular complexity index is 984. The molecule has 3 aromatic rings. The number of hydrogen-bond acceptors (Lipinski definition) is 3. The van der Waals surface area contributed by atoms with Crippen LogP contribution in [0.3, 0.4) is 0 Å². The molecule has 0 fully saturated rings. The molecule has 4 nitrogen and oxygen atoms in total. The number of rotatable bonds is 2. The zero-order valence-corrected chi connectivity index (χ0v) is 15.6. The van der Waals surface area contributed by atoms with Gasteiger partial charge >= 0.3 is 0 Å². The number of fused-ring (bicyclic) bond motifs is 3. The minimum atomic E-state index is -1.31. The molecule has 1 unspecified atom stereocenters. The van der Waals surface area contributed by atoms with Gasteiger partial charge in [-0.1, -0.05) is 18.2 Å². The lowest BCUT2D eigenvalue weighted by molar-refractivity contribution is 0.0757. The van der Waals surface area contributed by atoms with Crippen molar-refractivity contribution in [2.24, 2.45) is 0 Å². The summed E-state index contributed by atoms with van der Waals surface area (Å²) in [7, 11) is 0. The van der Waals surface area contributed by atoms with E-state index in [-0.39, 0.29) is 12.4 Å². The monoisotopic (exact) mass is 447 g/mol. The third-order valence-corrected chi connectivity index (χ3v) is 5.25. The van der Waals surface area contributed by atoms with Crippen molar-refractivity contribution in [3.63, 3.8) is 0 Å². The molecule has 1 aliphatic carbocycles. The zero-order chi connectivity index (χ0) is 17.6. The van der Waals surface area contributed by atoms with Gasteiger partial charge in [0.1, 0.15) is 24.1 Å². The van der Waals surface area contributed by atoms with Gasteiger partial charge in [-0.3, -0.25) is 0 Å². The molecule has 0 saturated heterocycles. The largest absolute Gasteiger partial charge is 0.378 e. The molecule has 0 amide bonds. The van der Waals surface area contributed by atoms with Gasteiger partial charge in [-0.15, -0.1) is 0 Å². The Morgan fingerprint density at radius 3 is 2.76 bits per heavy atom. The molecule has 0 spiro atoms. The second-order valence-corrected chi connectivity index (χ2v) is 7.28. The number of allylic oxidation sites excluding steroid dienone is 1. The molecule has 25 heavy (non-hydrogen) atoms. The second kappa shape index (κ2) is 6.03. The molecule has 1 atom stereocenters. The van der Waals surface area contributed by atoms with Crippen LogP contribution in [0.2, 0.25) is 0 Å². The maximum Gasteiger partial charge on any atom is 0.137 e. The van der Waals surface area contributed by atoms with E-state index < -0.39 is 5.60 Å². The first-order valence-electron chi connectivity index (χ1n) is 7.85. The fourth-order valence-corrected chi connectivity index (χ4v) is 4.05. The number of aromatic nitrogens is 3. The third-order valence-electron chi connectivity index (χ3n) is 4.58. The van der Waals surface area contributed by atoms with E-state index in [0.717, 1.165) is 20.3 Å². The van der Waals surface area contributed by atoms with E-state index in [4.69, 9.17) is 0 Å². The molecule has 0 saturated carbocycles. The van der Waals surface area contributed by atoms with Crippen LogP contribution in [0.15, 0.2) is 55.1 Å². The van der Waals surface area contributed by atoms with Crippen molar-refractivity contribution in [2.75, 3.05) is 0 Å². The standard InChI is InChI=1S/C19H15FIN3O/c1-2-17-14-5-4-13(21)8-15(14)16-7-12(20)3-6-18(16)19(17,25)9-24-11-22-10-23-24/h2-8,10-11,25H,9H2,1H3/b17-2+. The van der Waals surface area contributed by atoms with Crippen molar-refractivity contribution in [1.29, 1.82) is 0 Å². The minimum absolute atomic E-state index is 0.205. The van der Waals surface area contributed by atoms with Crippen LogP contribution >= 0.6 is 22.6 Å². The average Bonchev–Trinajstić information content (AvgIpc) is 3.08. The highest BCUT2D eigenvalue weighted by atomic mass is 127. The van der Waals surface area contributed by atoms with Gasteiger partial charge in [0, 0.05) is 3.57 Å². The third kappa shape index (κ3) is 2.60. The zero-order valence-electron chi connectivity index (χ0n) is 13.4. The normalized spacial score (nSPS) is 20.4. The van der Waals surface area contributed by atoms with Crippen LogP contribution in [0, 0.1) is 9.39 Å². The van der Waals surface area contributed by atoms with E-state index in [1.807, 2.05) is 31.2 Å². The van der Waals surface area contributed by atoms with Crippen molar-refractivity contribution in [2.45, 2.75) is 19.1 Å². The maximum absolute atomic E-state index is 14.0. The van der Waals surface area contributed by atoms with Crippen molar-refractivity contribution in [1.82, 2.24) is 14.8 Å². The highest BCUT2D eigenvalue weighted by Gasteiger charge is 2.41. The molecule has 1 heterocycles. The van der Waals surface area contributed by atoms with E-state index in [1.54, 1.807) is 17.1 Å². The predicted octanol–water partition coefficient (Wildman–Crippen LogP) is 3.99. The van der Waals surface area contributed by atoms with Gasteiger partial charge in [-0.05, 0) is 81.6 Å². The Labute approximate surface area is 158 Å². The van der Waals surface area contributed by atoms with Gasteiger partial charge in [-0.2, -0.15) is 5.10 Å². The van der Waals surface area contributed by atoms with Crippen LogP contribution in [-0.2, 0) is 12.1 Å². The molecule has 4 rings (SSSR count). The molecule has 1 aliphatic rings. The summed E-state index contributed by atoms with van der Waals surface area (Å²) in [5.41, 5.74) is 2.69. The van der Waals surface area contributed by atoms with E-state index in [2.05, 4.69) is 32.7 Å². The summed E-state index contributed by atoms with van der Waals surface area (Å²) >= 11 is 2.24. The first-order chi connectivity index (χ1) is 12.0. The minimum Gasteiger partial charge on any atom is -0.378 e. The Morgan fingerprint density at radius 1 is 1.20 bits per heavy atom. The van der Waals surface area contributed by atoms with Crippen molar-refractivity contribution < 1.29 is 9.50 Å². The first kappa shape index (κ1) is 16.4. The summed E-state index contributed by atoms with van der Waals surface area (Å²) in [5.74, 6) is -0.324. The van der Waals surface area contributed by atoms with Crippen LogP contribution < -0.4 is 0 Å². The van der Waals surface area contributed by atoms with Crippen molar-refractivity contribution in [3.8, 4) is 11.1 Å². The van der Waals surface area contributed by atoms with Crippen molar-refractivity contribution in [3.05, 3.63) is 75.6 Å². The topological polar surface area (TPSA) is 50.9 Å². The maximum atomic E-state index is 14.0. The van der Waals surface area contributed by atoms with Gasteiger partial charge < -0.3 is 5.11 Å². The van der Waals surface area contributed by atoms with Crippen LogP contribution in [-0.4, -0.2) is 19.9 Å². The van der Waals surface area contributed by atoms with Gasteiger partial charge in [0.25, 0.3) is 0 Å². The Hall–Kier alpha value is -2.06. The van der Waals surface area contributed by atoms with Crippen molar-refractivity contribution >= 4 is 28.2 Å². The molecule has 0 aliphatic heterocycles. The molecule has 2 aromatic carbocycles. The quantitative estimate of drug-likeness (QED) is 0.605. The predicted molar refractivity (Wildman–Crippen MR) is 102 cm³/mol. The Morgan fingerprint density at radius 2 is 2.04 bits per heavy atom. The summed E-state index contributed by atoms with van der Waals surface area (Å²) in [6.45, 7) is 2.11. The smallest absolute Gasteiger partial charge is 0.137 e. The van der Waals surface area contributed by atoms with Gasteiger partial charge in [0.05, 0.1) is 6.54 Å². The summed E-state index contributed by atoms with van der Waals surface area (Å²) in [6.07, 6.45) is 4.91. The second-order valence-electron chi connectivity index (χ2n) is 6.04. The summed E-state index contributed by atoms with van der Waals surface area (Å²) in [5, 5.41) is 15.8. The average molecular weight is 447 g/mol. The van der Waals surface area contributed by atoms with Gasteiger partial charge in [0.2, 0.25) is 0 Å². The Kier molecular flexibility index (Phi) is 3.96. The lowest BCUT2D eigenvalue weighted by Gasteiger charge is -2.38. The molecular weight excluding hydrogens is 432 g/mol. The van der Waals surface area contributed by atoms with Crippen LogP contribution in [0.1, 0.15) is 18.1 Å². The van der Waals surface area contributed by atoms with Crippen LogP contribution in [0.5, 0.6) is 0 Å². The van der Waals surface area contributed by atoms with E-state index in [0.29, 0.717) is 11.1 Å². The number of benzene rings is 2. The molecule has 126 valence electrons. The molecule has 0 bridgehead atoms. The van der Waals surface area contributed by atoms with E-state index in [9.17, 15) is 9.50 Å². The first-order valence-corrected chi connectivity index (χ1v) is 8.92. The SMILES string of the molecule is C/C=C1\c2ccc(I)cc2-c2cc(F)ccc2C1(O)Cn1cncn1. The highest BCUT2D eigenvalue weighted by Crippen LogP contribution is 2.50. The van der Waals surface area contributed by atoms with Crippen LogP contribution in [0.4, 0.5) is 4.39 Å². The number of halogens is 2. The van der Waals surface area contributed by atoms with Crippen LogP contribution in [0.25, 0.3) is 16.7 Å². The molecule has 1 aromatic heterocycles. The van der Waals surface area contributed by atoms with Gasteiger partial charge in [-0.25, -0.2) is 14.1 Å². The highest BCUT2D eigenvalue weighted by molar-refractivity contribution is 14.1. The fraction of sp³-hybridized carbons (Fsp3) is 0.158. The number of nitrogens with zero attached hydrogens (tertiary/aromatic N) is 3. The number of aliphatic hydroxyl groups is 1. The molecule has 0 radical (unpaired) electrons. The summed E-state index contributed by atoms with van der Waals surface area (Å²) in [4.78, 5) is 3.96. The van der Waals surface area contributed by atoms with Gasteiger partial charge in [0.15, 0.2) is 0 Å². The fourth-order valence-electron chi connectivity index (χ4n) is 3.56. The lowest BCUT2D eigenvalue weighted by Crippen LogP contribution is -2.36. The molecule has 1 N–H and O–H groups in total. The summed E-state index contributed by atoms with van der Waals surface area (Å²) < 4.78 is 16.6. The molecular formula is C19H15FIN3O.